The molecule has 0 spiro atoms. The van der Waals surface area contributed by atoms with Crippen LogP contribution in [0.15, 0.2) is 36.7 Å². The van der Waals surface area contributed by atoms with E-state index in [9.17, 15) is 0 Å². The fraction of sp³-hybridized carbons (Fsp3) is 0.333. The lowest BCUT2D eigenvalue weighted by molar-refractivity contribution is 0.291. The van der Waals surface area contributed by atoms with E-state index in [0.29, 0.717) is 30.1 Å². The molecule has 4 nitrogen and oxygen atoms in total. The van der Waals surface area contributed by atoms with Gasteiger partial charge in [0, 0.05) is 29.4 Å². The zero-order valence-electron chi connectivity index (χ0n) is 11.6. The van der Waals surface area contributed by atoms with Gasteiger partial charge in [-0.3, -0.25) is 4.98 Å². The molecule has 0 saturated carbocycles. The van der Waals surface area contributed by atoms with Crippen molar-refractivity contribution in [3.8, 4) is 5.88 Å². The van der Waals surface area contributed by atoms with Crippen LogP contribution in [-0.4, -0.2) is 16.0 Å². The highest BCUT2D eigenvalue weighted by molar-refractivity contribution is 6.31. The van der Waals surface area contributed by atoms with E-state index in [-0.39, 0.29) is 0 Å². The van der Waals surface area contributed by atoms with Gasteiger partial charge in [-0.2, -0.15) is 0 Å². The Balaban J connectivity index is 1.96. The van der Waals surface area contributed by atoms with E-state index in [1.54, 1.807) is 12.4 Å². The number of halogens is 1. The summed E-state index contributed by atoms with van der Waals surface area (Å²) in [4.78, 5) is 8.54. The largest absolute Gasteiger partial charge is 0.472 e. The molecular formula is C15H18ClN3O. The van der Waals surface area contributed by atoms with Gasteiger partial charge in [-0.1, -0.05) is 43.6 Å². The van der Waals surface area contributed by atoms with Crippen LogP contribution in [0.3, 0.4) is 0 Å². The fourth-order valence-electron chi connectivity index (χ4n) is 1.62. The summed E-state index contributed by atoms with van der Waals surface area (Å²) in [6.07, 6.45) is 3.34. The summed E-state index contributed by atoms with van der Waals surface area (Å²) in [5, 5.41) is 3.99. The van der Waals surface area contributed by atoms with Crippen molar-refractivity contribution in [1.82, 2.24) is 15.3 Å². The molecule has 106 valence electrons. The summed E-state index contributed by atoms with van der Waals surface area (Å²) < 4.78 is 5.63. The van der Waals surface area contributed by atoms with E-state index in [1.165, 1.54) is 0 Å². The van der Waals surface area contributed by atoms with Crippen LogP contribution in [0.5, 0.6) is 5.88 Å². The lowest BCUT2D eigenvalue weighted by Gasteiger charge is -2.09. The minimum Gasteiger partial charge on any atom is -0.472 e. The summed E-state index contributed by atoms with van der Waals surface area (Å²) in [7, 11) is 0. The molecule has 0 aliphatic heterocycles. The lowest BCUT2D eigenvalue weighted by Crippen LogP contribution is -2.22. The third kappa shape index (κ3) is 4.47. The highest BCUT2D eigenvalue weighted by Gasteiger charge is 2.03. The number of ether oxygens (including phenoxy) is 1. The van der Waals surface area contributed by atoms with Gasteiger partial charge < -0.3 is 10.1 Å². The number of hydrogen-bond acceptors (Lipinski definition) is 4. The molecule has 0 aliphatic rings. The average Bonchev–Trinajstić information content (AvgIpc) is 2.45. The van der Waals surface area contributed by atoms with Gasteiger partial charge in [0.25, 0.3) is 0 Å². The maximum Gasteiger partial charge on any atom is 0.232 e. The van der Waals surface area contributed by atoms with Crippen molar-refractivity contribution in [3.05, 3.63) is 52.9 Å². The summed E-state index contributed by atoms with van der Waals surface area (Å²) in [6, 6.07) is 8.00. The molecule has 20 heavy (non-hydrogen) atoms. The van der Waals surface area contributed by atoms with Gasteiger partial charge in [-0.25, -0.2) is 4.98 Å². The van der Waals surface area contributed by atoms with E-state index in [2.05, 4.69) is 29.1 Å². The SMILES string of the molecule is CC(C)NCc1cncc(OCc2ccccc2Cl)n1. The van der Waals surface area contributed by atoms with Crippen LogP contribution in [0.2, 0.25) is 5.02 Å². The van der Waals surface area contributed by atoms with Crippen LogP contribution in [-0.2, 0) is 13.2 Å². The van der Waals surface area contributed by atoms with Crippen molar-refractivity contribution in [2.24, 2.45) is 0 Å². The predicted octanol–water partition coefficient (Wildman–Crippen LogP) is 3.21. The van der Waals surface area contributed by atoms with Gasteiger partial charge >= 0.3 is 0 Å². The number of hydrogen-bond donors (Lipinski definition) is 1. The first kappa shape index (κ1) is 14.8. The second-order valence-electron chi connectivity index (χ2n) is 4.76. The molecule has 0 atom stereocenters. The molecule has 0 amide bonds. The van der Waals surface area contributed by atoms with Gasteiger partial charge in [-0.05, 0) is 6.07 Å². The molecular weight excluding hydrogens is 274 g/mol. The molecule has 0 unspecified atom stereocenters. The van der Waals surface area contributed by atoms with E-state index in [0.717, 1.165) is 11.3 Å². The molecule has 5 heteroatoms. The molecule has 0 fully saturated rings. The molecule has 1 aromatic heterocycles. The summed E-state index contributed by atoms with van der Waals surface area (Å²) in [5.74, 6) is 0.507. The van der Waals surface area contributed by atoms with Gasteiger partial charge in [0.05, 0.1) is 11.9 Å². The van der Waals surface area contributed by atoms with Crippen LogP contribution < -0.4 is 10.1 Å². The van der Waals surface area contributed by atoms with Crippen LogP contribution in [0.25, 0.3) is 0 Å². The quantitative estimate of drug-likeness (QED) is 0.888. The van der Waals surface area contributed by atoms with Crippen molar-refractivity contribution in [1.29, 1.82) is 0 Å². The standard InChI is InChI=1S/C15H18ClN3O/c1-11(2)18-8-13-7-17-9-15(19-13)20-10-12-5-3-4-6-14(12)16/h3-7,9,11,18H,8,10H2,1-2H3. The third-order valence-electron chi connectivity index (χ3n) is 2.69. The fourth-order valence-corrected chi connectivity index (χ4v) is 1.81. The highest BCUT2D eigenvalue weighted by atomic mass is 35.5. The first-order chi connectivity index (χ1) is 9.65. The van der Waals surface area contributed by atoms with E-state index in [4.69, 9.17) is 16.3 Å². The van der Waals surface area contributed by atoms with Crippen molar-refractivity contribution in [2.45, 2.75) is 33.0 Å². The number of nitrogens with one attached hydrogen (secondary N) is 1. The molecule has 2 aromatic rings. The van der Waals surface area contributed by atoms with Crippen LogP contribution in [0.1, 0.15) is 25.1 Å². The average molecular weight is 292 g/mol. The number of rotatable bonds is 6. The summed E-state index contributed by atoms with van der Waals surface area (Å²) in [6.45, 7) is 5.24. The van der Waals surface area contributed by atoms with Gasteiger partial charge in [0.1, 0.15) is 6.61 Å². The van der Waals surface area contributed by atoms with Crippen LogP contribution in [0.4, 0.5) is 0 Å². The zero-order valence-corrected chi connectivity index (χ0v) is 12.4. The van der Waals surface area contributed by atoms with E-state index >= 15 is 0 Å². The van der Waals surface area contributed by atoms with Crippen molar-refractivity contribution in [3.63, 3.8) is 0 Å². The number of aromatic nitrogens is 2. The minimum atomic E-state index is 0.384. The zero-order chi connectivity index (χ0) is 14.4. The molecule has 0 saturated heterocycles. The second-order valence-corrected chi connectivity index (χ2v) is 5.17. The smallest absolute Gasteiger partial charge is 0.232 e. The normalized spacial score (nSPS) is 10.8. The summed E-state index contributed by atoms with van der Waals surface area (Å²) >= 11 is 6.08. The Morgan fingerprint density at radius 2 is 2.05 bits per heavy atom. The van der Waals surface area contributed by atoms with Crippen molar-refractivity contribution in [2.75, 3.05) is 0 Å². The summed E-state index contributed by atoms with van der Waals surface area (Å²) in [5.41, 5.74) is 1.79. The topological polar surface area (TPSA) is 47.0 Å². The maximum absolute atomic E-state index is 6.08. The molecule has 0 aliphatic carbocycles. The van der Waals surface area contributed by atoms with E-state index < -0.39 is 0 Å². The first-order valence-corrected chi connectivity index (χ1v) is 6.93. The molecule has 2 rings (SSSR count). The van der Waals surface area contributed by atoms with Crippen molar-refractivity contribution < 1.29 is 4.74 Å². The Kier molecular flexibility index (Phi) is 5.32. The predicted molar refractivity (Wildman–Crippen MR) is 79.8 cm³/mol. The minimum absolute atomic E-state index is 0.384. The molecule has 1 heterocycles. The van der Waals surface area contributed by atoms with E-state index in [1.807, 2.05) is 24.3 Å². The maximum atomic E-state index is 6.08. The first-order valence-electron chi connectivity index (χ1n) is 6.55. The van der Waals surface area contributed by atoms with Crippen LogP contribution in [0, 0.1) is 0 Å². The third-order valence-corrected chi connectivity index (χ3v) is 3.06. The number of benzene rings is 1. The molecule has 1 aromatic carbocycles. The molecule has 0 radical (unpaired) electrons. The van der Waals surface area contributed by atoms with Crippen LogP contribution >= 0.6 is 11.6 Å². The lowest BCUT2D eigenvalue weighted by atomic mass is 10.2. The van der Waals surface area contributed by atoms with Gasteiger partial charge in [0.15, 0.2) is 0 Å². The highest BCUT2D eigenvalue weighted by Crippen LogP contribution is 2.17. The Morgan fingerprint density at radius 3 is 2.80 bits per heavy atom. The molecule has 0 bridgehead atoms. The number of nitrogens with zero attached hydrogens (tertiary/aromatic N) is 2. The van der Waals surface area contributed by atoms with Crippen molar-refractivity contribution >= 4 is 11.6 Å². The Hall–Kier alpha value is -1.65. The monoisotopic (exact) mass is 291 g/mol. The van der Waals surface area contributed by atoms with Gasteiger partial charge in [0.2, 0.25) is 5.88 Å². The Morgan fingerprint density at radius 1 is 1.25 bits per heavy atom. The Labute approximate surface area is 124 Å². The second kappa shape index (κ2) is 7.22. The Bertz CT molecular complexity index is 560. The van der Waals surface area contributed by atoms with Gasteiger partial charge in [-0.15, -0.1) is 0 Å². The molecule has 1 N–H and O–H groups in total.